The molecule has 2 aliphatic rings. The van der Waals surface area contributed by atoms with Crippen LogP contribution in [0.15, 0.2) is 18.2 Å². The first-order chi connectivity index (χ1) is 10.0. The fourth-order valence-corrected chi connectivity index (χ4v) is 3.26. The van der Waals surface area contributed by atoms with Gasteiger partial charge in [-0.3, -0.25) is 0 Å². The molecule has 0 saturated heterocycles. The third kappa shape index (κ3) is 4.71. The second-order valence-electron chi connectivity index (χ2n) is 5.69. The summed E-state index contributed by atoms with van der Waals surface area (Å²) in [7, 11) is 0. The van der Waals surface area contributed by atoms with Crippen molar-refractivity contribution in [2.75, 3.05) is 0 Å². The van der Waals surface area contributed by atoms with E-state index in [0.29, 0.717) is 5.92 Å². The fourth-order valence-electron chi connectivity index (χ4n) is 3.26. The molecular formula is C16H18F3O2Rb. The zero-order chi connectivity index (χ0) is 14.9. The molecule has 1 heterocycles. The Morgan fingerprint density at radius 2 is 1.86 bits per heavy atom. The first-order valence-corrected chi connectivity index (χ1v) is 7.39. The van der Waals surface area contributed by atoms with E-state index in [0.717, 1.165) is 44.1 Å². The van der Waals surface area contributed by atoms with Gasteiger partial charge in [-0.15, -0.1) is 13.2 Å². The van der Waals surface area contributed by atoms with Gasteiger partial charge in [-0.1, -0.05) is 25.0 Å². The zero-order valence-corrected chi connectivity index (χ0v) is 17.6. The summed E-state index contributed by atoms with van der Waals surface area (Å²) < 4.78 is 47.5. The molecule has 116 valence electrons. The molecule has 0 radical (unpaired) electrons. The van der Waals surface area contributed by atoms with Crippen LogP contribution in [0.25, 0.3) is 0 Å². The Labute approximate surface area is 177 Å². The molecule has 1 aromatic rings. The first-order valence-electron chi connectivity index (χ1n) is 7.39. The van der Waals surface area contributed by atoms with Crippen molar-refractivity contribution in [3.8, 4) is 11.5 Å². The normalized spacial score (nSPS) is 22.2. The summed E-state index contributed by atoms with van der Waals surface area (Å²) >= 11 is 0. The van der Waals surface area contributed by atoms with Crippen LogP contribution in [-0.2, 0) is 6.42 Å². The average molecular weight is 385 g/mol. The van der Waals surface area contributed by atoms with Crippen LogP contribution in [-0.4, -0.2) is 12.5 Å². The number of hydrogen-bond acceptors (Lipinski definition) is 2. The molecule has 1 aromatic carbocycles. The monoisotopic (exact) mass is 384 g/mol. The van der Waals surface area contributed by atoms with Gasteiger partial charge in [-0.25, -0.2) is 0 Å². The molecular weight excluding hydrogens is 367 g/mol. The Kier molecular flexibility index (Phi) is 6.81. The van der Waals surface area contributed by atoms with E-state index in [-0.39, 0.29) is 75.8 Å². The van der Waals surface area contributed by atoms with Gasteiger partial charge in [0.1, 0.15) is 6.10 Å². The number of fused-ring (bicyclic) bond motifs is 1. The van der Waals surface area contributed by atoms with Crippen molar-refractivity contribution in [3.63, 3.8) is 0 Å². The molecule has 1 saturated carbocycles. The van der Waals surface area contributed by atoms with Crippen LogP contribution in [0.4, 0.5) is 13.2 Å². The Morgan fingerprint density at radius 1 is 1.14 bits per heavy atom. The predicted molar refractivity (Wildman–Crippen MR) is 72.1 cm³/mol. The summed E-state index contributed by atoms with van der Waals surface area (Å²) in [6, 6.07) is 4.71. The average Bonchev–Trinajstić information content (AvgIpc) is 2.47. The molecule has 3 rings (SSSR count). The molecule has 1 atom stereocenters. The SMILES string of the molecule is FC(F)(F)Oc1cccc2c1OC(C1CC[CH-]CC1)CC2.[Rb+]. The molecule has 0 bridgehead atoms. The van der Waals surface area contributed by atoms with Crippen molar-refractivity contribution in [3.05, 3.63) is 30.2 Å². The van der Waals surface area contributed by atoms with Crippen molar-refractivity contribution in [2.24, 2.45) is 5.92 Å². The second-order valence-corrected chi connectivity index (χ2v) is 5.69. The number of hydrogen-bond donors (Lipinski definition) is 0. The summed E-state index contributed by atoms with van der Waals surface area (Å²) in [6.07, 6.45) is 3.45. The third-order valence-corrected chi connectivity index (χ3v) is 4.26. The van der Waals surface area contributed by atoms with Crippen molar-refractivity contribution in [1.82, 2.24) is 0 Å². The van der Waals surface area contributed by atoms with E-state index in [1.54, 1.807) is 6.07 Å². The summed E-state index contributed by atoms with van der Waals surface area (Å²) in [4.78, 5) is 0. The van der Waals surface area contributed by atoms with E-state index >= 15 is 0 Å². The maximum absolute atomic E-state index is 12.5. The number of aryl methyl sites for hydroxylation is 1. The molecule has 0 amide bonds. The van der Waals surface area contributed by atoms with Gasteiger partial charge in [0.05, 0.1) is 0 Å². The molecule has 22 heavy (non-hydrogen) atoms. The van der Waals surface area contributed by atoms with Crippen LogP contribution < -0.4 is 67.7 Å². The van der Waals surface area contributed by atoms with Gasteiger partial charge < -0.3 is 15.9 Å². The topological polar surface area (TPSA) is 18.5 Å². The zero-order valence-electron chi connectivity index (χ0n) is 12.7. The van der Waals surface area contributed by atoms with Crippen LogP contribution in [0, 0.1) is 12.3 Å². The Bertz CT molecular complexity index is 499. The van der Waals surface area contributed by atoms with Crippen LogP contribution in [0.1, 0.15) is 37.7 Å². The Hall–Kier alpha value is 0.415. The summed E-state index contributed by atoms with van der Waals surface area (Å²) in [5, 5.41) is 0. The van der Waals surface area contributed by atoms with Crippen LogP contribution in [0.2, 0.25) is 0 Å². The largest absolute Gasteiger partial charge is 1.00 e. The Balaban J connectivity index is 0.00000176. The van der Waals surface area contributed by atoms with Gasteiger partial charge in [0.2, 0.25) is 0 Å². The quantitative estimate of drug-likeness (QED) is 0.722. The van der Waals surface area contributed by atoms with Crippen molar-refractivity contribution in [1.29, 1.82) is 0 Å². The van der Waals surface area contributed by atoms with Crippen molar-refractivity contribution in [2.45, 2.75) is 51.0 Å². The van der Waals surface area contributed by atoms with Crippen LogP contribution in [0.5, 0.6) is 11.5 Å². The second kappa shape index (κ2) is 7.99. The molecule has 2 nitrogen and oxygen atoms in total. The van der Waals surface area contributed by atoms with E-state index in [1.165, 1.54) is 6.07 Å². The van der Waals surface area contributed by atoms with Crippen molar-refractivity contribution >= 4 is 0 Å². The summed E-state index contributed by atoms with van der Waals surface area (Å²) in [5.74, 6) is 0.495. The maximum atomic E-state index is 12.5. The molecule has 0 spiro atoms. The van der Waals surface area contributed by atoms with E-state index in [4.69, 9.17) is 4.74 Å². The first kappa shape index (κ1) is 18.7. The molecule has 1 aliphatic heterocycles. The van der Waals surface area contributed by atoms with Gasteiger partial charge in [-0.05, 0) is 30.4 Å². The molecule has 1 fully saturated rings. The van der Waals surface area contributed by atoms with Gasteiger partial charge in [0.15, 0.2) is 11.5 Å². The molecule has 0 N–H and O–H groups in total. The van der Waals surface area contributed by atoms with Gasteiger partial charge in [0, 0.05) is 0 Å². The molecule has 0 aromatic heterocycles. The minimum atomic E-state index is -4.69. The number of halogens is 3. The van der Waals surface area contributed by atoms with Crippen molar-refractivity contribution < 1.29 is 80.8 Å². The van der Waals surface area contributed by atoms with Gasteiger partial charge in [0.25, 0.3) is 0 Å². The molecule has 1 unspecified atom stereocenters. The number of para-hydroxylation sites is 1. The van der Waals surface area contributed by atoms with E-state index in [9.17, 15) is 13.2 Å². The number of alkyl halides is 3. The predicted octanol–water partition coefficient (Wildman–Crippen LogP) is 1.68. The standard InChI is InChI=1S/C16H18F3O2.Rb/c17-16(18,19)21-14-8-4-7-12-9-10-13(20-15(12)14)11-5-2-1-3-6-11;/h1,4,7-8,11,13H,2-3,5-6,9-10H2;/q-1;+1. The van der Waals surface area contributed by atoms with E-state index in [1.807, 2.05) is 6.07 Å². The Morgan fingerprint density at radius 3 is 2.55 bits per heavy atom. The minimum absolute atomic E-state index is 0. The maximum Gasteiger partial charge on any atom is 1.00 e. The van der Waals surface area contributed by atoms with Crippen LogP contribution >= 0.6 is 0 Å². The van der Waals surface area contributed by atoms with Gasteiger partial charge >= 0.3 is 64.5 Å². The van der Waals surface area contributed by atoms with E-state index in [2.05, 4.69) is 11.2 Å². The van der Waals surface area contributed by atoms with E-state index < -0.39 is 6.36 Å². The molecule has 1 aliphatic carbocycles. The minimum Gasteiger partial charge on any atom is -0.486 e. The third-order valence-electron chi connectivity index (χ3n) is 4.26. The van der Waals surface area contributed by atoms with Gasteiger partial charge in [-0.2, -0.15) is 12.8 Å². The molecule has 6 heteroatoms. The number of benzene rings is 1. The number of rotatable bonds is 2. The summed E-state index contributed by atoms with van der Waals surface area (Å²) in [5.41, 5.74) is 0.801. The fraction of sp³-hybridized carbons (Fsp3) is 0.562. The number of ether oxygens (including phenoxy) is 2. The van der Waals surface area contributed by atoms with Crippen LogP contribution in [0.3, 0.4) is 0 Å². The summed E-state index contributed by atoms with van der Waals surface area (Å²) in [6.45, 7) is 0. The smallest absolute Gasteiger partial charge is 0.486 e.